The minimum absolute atomic E-state index is 0.0587. The van der Waals surface area contributed by atoms with Crippen LogP contribution in [0.5, 0.6) is 0 Å². The molecule has 2 atom stereocenters. The average Bonchev–Trinajstić information content (AvgIpc) is 3.15. The molecule has 0 saturated heterocycles. The van der Waals surface area contributed by atoms with Crippen LogP contribution in [-0.4, -0.2) is 52.3 Å². The van der Waals surface area contributed by atoms with Gasteiger partial charge in [0.05, 0.1) is 12.7 Å². The van der Waals surface area contributed by atoms with Gasteiger partial charge in [-0.1, -0.05) is 163 Å². The molecule has 0 spiro atoms. The summed E-state index contributed by atoms with van der Waals surface area (Å²) in [4.78, 5) is 42.8. The number of allylic oxidation sites excluding steroid dienone is 12. The van der Waals surface area contributed by atoms with Crippen molar-refractivity contribution in [2.75, 3.05) is 13.2 Å². The summed E-state index contributed by atoms with van der Waals surface area (Å²) in [7, 11) is -4.79. The lowest BCUT2D eigenvalue weighted by atomic mass is 10.1. The summed E-state index contributed by atoms with van der Waals surface area (Å²) in [6.45, 7) is 3.43. The van der Waals surface area contributed by atoms with E-state index in [1.165, 1.54) is 64.2 Å². The number of aliphatic hydroxyl groups excluding tert-OH is 1. The van der Waals surface area contributed by atoms with Gasteiger partial charge < -0.3 is 24.4 Å². The molecule has 0 aliphatic heterocycles. The molecule has 0 aliphatic carbocycles. The fraction of sp³-hybridized carbons (Fsp3) is 0.644. The number of esters is 2. The molecular formula is C45H75O9P. The highest BCUT2D eigenvalue weighted by atomic mass is 31.2. The van der Waals surface area contributed by atoms with E-state index in [9.17, 15) is 19.3 Å². The molecule has 0 aliphatic rings. The number of unbranched alkanes of at least 4 members (excludes halogenated alkanes) is 13. The first kappa shape index (κ1) is 52.2. The molecule has 0 aromatic carbocycles. The minimum Gasteiger partial charge on any atom is -0.462 e. The Kier molecular flexibility index (Phi) is 37.4. The molecule has 0 radical (unpaired) electrons. The molecule has 314 valence electrons. The Labute approximate surface area is 334 Å². The second kappa shape index (κ2) is 39.4. The van der Waals surface area contributed by atoms with Gasteiger partial charge in [0, 0.05) is 12.8 Å². The van der Waals surface area contributed by atoms with Gasteiger partial charge in [-0.2, -0.15) is 0 Å². The summed E-state index contributed by atoms with van der Waals surface area (Å²) < 4.78 is 26.3. The van der Waals surface area contributed by atoms with Crippen LogP contribution < -0.4 is 0 Å². The zero-order chi connectivity index (χ0) is 40.5. The highest BCUT2D eigenvalue weighted by Gasteiger charge is 2.22. The first-order valence-corrected chi connectivity index (χ1v) is 22.5. The Morgan fingerprint density at radius 1 is 0.582 bits per heavy atom. The zero-order valence-corrected chi connectivity index (χ0v) is 35.0. The van der Waals surface area contributed by atoms with Crippen molar-refractivity contribution in [2.45, 2.75) is 174 Å². The van der Waals surface area contributed by atoms with Crippen LogP contribution in [0.25, 0.3) is 0 Å². The number of hydrogen-bond donors (Lipinski definition) is 3. The number of ether oxygens (including phenoxy) is 2. The number of phosphoric ester groups is 1. The fourth-order valence-corrected chi connectivity index (χ4v) is 5.72. The van der Waals surface area contributed by atoms with Crippen molar-refractivity contribution in [3.8, 4) is 0 Å². The normalized spacial score (nSPS) is 13.9. The highest BCUT2D eigenvalue weighted by Crippen LogP contribution is 2.36. The summed E-state index contributed by atoms with van der Waals surface area (Å²) in [5, 5.41) is 9.97. The number of aliphatic hydroxyl groups is 1. The van der Waals surface area contributed by atoms with E-state index in [0.29, 0.717) is 25.7 Å². The summed E-state index contributed by atoms with van der Waals surface area (Å²) in [5.74, 6) is -1.02. The number of carbonyl (C=O) groups excluding carboxylic acids is 2. The summed E-state index contributed by atoms with van der Waals surface area (Å²) >= 11 is 0. The lowest BCUT2D eigenvalue weighted by Gasteiger charge is -2.18. The van der Waals surface area contributed by atoms with Crippen LogP contribution in [0.4, 0.5) is 0 Å². The van der Waals surface area contributed by atoms with Crippen molar-refractivity contribution < 1.29 is 43.0 Å². The summed E-state index contributed by atoms with van der Waals surface area (Å²) in [6, 6.07) is 0. The maximum absolute atomic E-state index is 12.4. The van der Waals surface area contributed by atoms with Crippen molar-refractivity contribution in [1.82, 2.24) is 0 Å². The lowest BCUT2D eigenvalue weighted by Crippen LogP contribution is -2.29. The van der Waals surface area contributed by atoms with Gasteiger partial charge in [0.25, 0.3) is 0 Å². The number of hydrogen-bond acceptors (Lipinski definition) is 7. The standard InChI is InChI=1S/C45H75O9P/c1-3-5-7-9-11-12-13-14-15-16-17-18-19-23-26-30-34-38-44(47)52-40-43(41-53-55(49,50)51)54-45(48)39-35-31-27-24-21-20-22-25-29-33-37-42(46)36-32-28-10-8-6-4-2/h6,8,14-15,20-21,25,27-29,31-33,37,42-43,46H,3-5,7,9-13,16-19,22-24,26,30,34-36,38-41H2,1-2H3,(H2,49,50,51)/b8-6-,15-14-,21-20-,29-25-,31-27-,32-28-,37-33+/t42?,43-/m1/s1. The van der Waals surface area contributed by atoms with E-state index in [-0.39, 0.29) is 19.4 Å². The second-order valence-electron chi connectivity index (χ2n) is 13.8. The Hall–Kier alpha value is -2.81. The number of carbonyl (C=O) groups is 2. The average molecular weight is 791 g/mol. The van der Waals surface area contributed by atoms with Crippen molar-refractivity contribution in [2.24, 2.45) is 0 Å². The molecule has 0 heterocycles. The molecule has 0 aromatic heterocycles. The molecule has 10 heteroatoms. The molecule has 55 heavy (non-hydrogen) atoms. The van der Waals surface area contributed by atoms with Crippen molar-refractivity contribution in [3.05, 3.63) is 85.1 Å². The van der Waals surface area contributed by atoms with E-state index >= 15 is 0 Å². The van der Waals surface area contributed by atoms with Crippen molar-refractivity contribution >= 4 is 19.8 Å². The molecule has 0 amide bonds. The fourth-order valence-electron chi connectivity index (χ4n) is 5.36. The van der Waals surface area contributed by atoms with Gasteiger partial charge >= 0.3 is 19.8 Å². The predicted octanol–water partition coefficient (Wildman–Crippen LogP) is 11.8. The van der Waals surface area contributed by atoms with Crippen LogP contribution in [0.15, 0.2) is 85.1 Å². The molecule has 0 rings (SSSR count). The Balaban J connectivity index is 4.13. The Morgan fingerprint density at radius 3 is 1.76 bits per heavy atom. The van der Waals surface area contributed by atoms with E-state index in [4.69, 9.17) is 19.3 Å². The SMILES string of the molecule is CC/C=C\C/C=C\CC(O)/C=C/C=C\C/C=C\C/C=C\CCC(=O)O[C@H](COC(=O)CCCCCCCCC/C=C\CCCCCCCC)COP(=O)(O)O. The van der Waals surface area contributed by atoms with Crippen LogP contribution in [-0.2, 0) is 28.2 Å². The number of rotatable bonds is 37. The van der Waals surface area contributed by atoms with E-state index in [2.05, 4.69) is 48.8 Å². The molecule has 0 saturated carbocycles. The summed E-state index contributed by atoms with van der Waals surface area (Å²) in [5.41, 5.74) is 0. The van der Waals surface area contributed by atoms with E-state index in [0.717, 1.165) is 44.9 Å². The van der Waals surface area contributed by atoms with Crippen molar-refractivity contribution in [1.29, 1.82) is 0 Å². The molecular weight excluding hydrogens is 715 g/mol. The van der Waals surface area contributed by atoms with Gasteiger partial charge in [0.2, 0.25) is 0 Å². The third-order valence-corrected chi connectivity index (χ3v) is 8.98. The zero-order valence-electron chi connectivity index (χ0n) is 34.2. The molecule has 0 fully saturated rings. The smallest absolute Gasteiger partial charge is 0.462 e. The predicted molar refractivity (Wildman–Crippen MR) is 226 cm³/mol. The molecule has 0 aromatic rings. The second-order valence-corrected chi connectivity index (χ2v) is 15.0. The molecule has 0 bridgehead atoms. The van der Waals surface area contributed by atoms with Gasteiger partial charge in [-0.25, -0.2) is 4.57 Å². The highest BCUT2D eigenvalue weighted by molar-refractivity contribution is 7.46. The van der Waals surface area contributed by atoms with Crippen LogP contribution >= 0.6 is 7.82 Å². The lowest BCUT2D eigenvalue weighted by molar-refractivity contribution is -0.161. The van der Waals surface area contributed by atoms with Gasteiger partial charge in [-0.15, -0.1) is 0 Å². The first-order chi connectivity index (χ1) is 26.7. The first-order valence-electron chi connectivity index (χ1n) is 21.0. The molecule has 9 nitrogen and oxygen atoms in total. The Morgan fingerprint density at radius 2 is 1.13 bits per heavy atom. The number of phosphoric acid groups is 1. The quantitative estimate of drug-likeness (QED) is 0.0184. The van der Waals surface area contributed by atoms with Crippen LogP contribution in [0.2, 0.25) is 0 Å². The molecule has 1 unspecified atom stereocenters. The third-order valence-electron chi connectivity index (χ3n) is 8.49. The maximum Gasteiger partial charge on any atom is 0.469 e. The van der Waals surface area contributed by atoms with Crippen LogP contribution in [0.1, 0.15) is 162 Å². The van der Waals surface area contributed by atoms with Gasteiger partial charge in [-0.3, -0.25) is 14.1 Å². The largest absolute Gasteiger partial charge is 0.469 e. The van der Waals surface area contributed by atoms with Crippen molar-refractivity contribution in [3.63, 3.8) is 0 Å². The molecule has 3 N–H and O–H groups in total. The summed E-state index contributed by atoms with van der Waals surface area (Å²) in [6.07, 6.45) is 49.1. The van der Waals surface area contributed by atoms with Crippen LogP contribution in [0, 0.1) is 0 Å². The minimum atomic E-state index is -4.79. The van der Waals surface area contributed by atoms with Crippen LogP contribution in [0.3, 0.4) is 0 Å². The Bertz CT molecular complexity index is 1180. The van der Waals surface area contributed by atoms with Gasteiger partial charge in [0.15, 0.2) is 6.10 Å². The van der Waals surface area contributed by atoms with Gasteiger partial charge in [-0.05, 0) is 70.6 Å². The maximum atomic E-state index is 12.4. The van der Waals surface area contributed by atoms with E-state index in [1.54, 1.807) is 6.08 Å². The van der Waals surface area contributed by atoms with Gasteiger partial charge in [0.1, 0.15) is 6.61 Å². The monoisotopic (exact) mass is 791 g/mol. The third kappa shape index (κ3) is 42.2. The van der Waals surface area contributed by atoms with E-state index < -0.39 is 38.6 Å². The topological polar surface area (TPSA) is 140 Å². The van der Waals surface area contributed by atoms with E-state index in [1.807, 2.05) is 48.6 Å².